The lowest BCUT2D eigenvalue weighted by atomic mass is 9.93. The van der Waals surface area contributed by atoms with Gasteiger partial charge in [-0.2, -0.15) is 0 Å². The van der Waals surface area contributed by atoms with Gasteiger partial charge >= 0.3 is 0 Å². The Kier molecular flexibility index (Phi) is 5.05. The molecule has 0 radical (unpaired) electrons. The average Bonchev–Trinajstić information content (AvgIpc) is 2.42. The Balaban J connectivity index is 2.29. The Morgan fingerprint density at radius 1 is 1.32 bits per heavy atom. The van der Waals surface area contributed by atoms with Crippen LogP contribution >= 0.6 is 15.9 Å². The summed E-state index contributed by atoms with van der Waals surface area (Å²) in [6.45, 7) is 0.609. The van der Waals surface area contributed by atoms with Crippen LogP contribution in [0.2, 0.25) is 0 Å². The zero-order valence-corrected chi connectivity index (χ0v) is 12.5. The van der Waals surface area contributed by atoms with Gasteiger partial charge in [-0.1, -0.05) is 19.3 Å². The van der Waals surface area contributed by atoms with Crippen LogP contribution in [0.25, 0.3) is 0 Å². The first-order chi connectivity index (χ1) is 9.13. The second-order valence-corrected chi connectivity index (χ2v) is 5.89. The van der Waals surface area contributed by atoms with Crippen LogP contribution in [0.1, 0.15) is 32.1 Å². The summed E-state index contributed by atoms with van der Waals surface area (Å²) in [4.78, 5) is 2.12. The van der Waals surface area contributed by atoms with Crippen LogP contribution in [0.3, 0.4) is 0 Å². The molecule has 0 aromatic heterocycles. The maximum absolute atomic E-state index is 13.5. The maximum atomic E-state index is 13.5. The van der Waals surface area contributed by atoms with E-state index in [0.29, 0.717) is 22.7 Å². The number of halogens is 2. The van der Waals surface area contributed by atoms with Gasteiger partial charge in [0.05, 0.1) is 22.5 Å². The predicted molar refractivity (Wildman–Crippen MR) is 79.8 cm³/mol. The van der Waals surface area contributed by atoms with Crippen molar-refractivity contribution in [2.45, 2.75) is 38.1 Å². The summed E-state index contributed by atoms with van der Waals surface area (Å²) >= 11 is 3.20. The number of hydrogen-bond donors (Lipinski definition) is 2. The summed E-state index contributed by atoms with van der Waals surface area (Å²) in [5, 5.41) is 9.28. The van der Waals surface area contributed by atoms with Crippen LogP contribution in [0.4, 0.5) is 15.8 Å². The van der Waals surface area contributed by atoms with E-state index >= 15 is 0 Å². The van der Waals surface area contributed by atoms with Crippen molar-refractivity contribution in [1.82, 2.24) is 0 Å². The van der Waals surface area contributed by atoms with Crippen LogP contribution in [0.15, 0.2) is 16.6 Å². The van der Waals surface area contributed by atoms with Crippen molar-refractivity contribution >= 4 is 27.3 Å². The number of nitrogens with zero attached hydrogens (tertiary/aromatic N) is 1. The zero-order valence-electron chi connectivity index (χ0n) is 10.9. The van der Waals surface area contributed by atoms with E-state index in [1.54, 1.807) is 6.07 Å². The van der Waals surface area contributed by atoms with E-state index in [9.17, 15) is 9.50 Å². The van der Waals surface area contributed by atoms with Gasteiger partial charge in [0.1, 0.15) is 5.82 Å². The zero-order chi connectivity index (χ0) is 13.8. The highest BCUT2D eigenvalue weighted by Crippen LogP contribution is 2.34. The molecule has 0 amide bonds. The molecule has 5 heteroatoms. The minimum atomic E-state index is -0.353. The summed E-state index contributed by atoms with van der Waals surface area (Å²) in [7, 11) is 0. The fourth-order valence-corrected chi connectivity index (χ4v) is 3.13. The molecule has 1 saturated carbocycles. The largest absolute Gasteiger partial charge is 0.397 e. The molecule has 3 N–H and O–H groups in total. The second kappa shape index (κ2) is 6.57. The molecule has 1 aliphatic carbocycles. The van der Waals surface area contributed by atoms with Gasteiger partial charge in [0, 0.05) is 18.7 Å². The van der Waals surface area contributed by atoms with E-state index in [1.807, 2.05) is 0 Å². The van der Waals surface area contributed by atoms with E-state index in [-0.39, 0.29) is 12.4 Å². The minimum absolute atomic E-state index is 0.0743. The molecule has 1 aliphatic rings. The van der Waals surface area contributed by atoms with Gasteiger partial charge < -0.3 is 15.7 Å². The van der Waals surface area contributed by atoms with Crippen molar-refractivity contribution in [3.63, 3.8) is 0 Å². The number of anilines is 2. The number of benzene rings is 1. The summed E-state index contributed by atoms with van der Waals surface area (Å²) in [5.41, 5.74) is 7.19. The third-order valence-electron chi connectivity index (χ3n) is 3.74. The Bertz CT molecular complexity index is 436. The first-order valence-electron chi connectivity index (χ1n) is 6.75. The topological polar surface area (TPSA) is 49.5 Å². The monoisotopic (exact) mass is 330 g/mol. The normalized spacial score (nSPS) is 16.6. The Morgan fingerprint density at radius 2 is 2.00 bits per heavy atom. The Labute approximate surface area is 121 Å². The molecule has 1 fully saturated rings. The lowest BCUT2D eigenvalue weighted by Gasteiger charge is -2.36. The van der Waals surface area contributed by atoms with E-state index in [4.69, 9.17) is 5.73 Å². The number of nitrogen functional groups attached to an aromatic ring is 1. The van der Waals surface area contributed by atoms with Crippen LogP contribution < -0.4 is 10.6 Å². The average molecular weight is 331 g/mol. The highest BCUT2D eigenvalue weighted by Gasteiger charge is 2.23. The second-order valence-electron chi connectivity index (χ2n) is 5.03. The molecule has 0 bridgehead atoms. The lowest BCUT2D eigenvalue weighted by Crippen LogP contribution is -2.39. The molecule has 0 aliphatic heterocycles. The third kappa shape index (κ3) is 3.39. The standard InChI is InChI=1S/C14H20BrFN2O/c15-11-8-14(13(17)9-12(11)16)18(6-7-19)10-4-2-1-3-5-10/h8-10,19H,1-7,17H2. The van der Waals surface area contributed by atoms with Gasteiger partial charge in [-0.25, -0.2) is 4.39 Å². The van der Waals surface area contributed by atoms with E-state index in [2.05, 4.69) is 20.8 Å². The molecule has 0 saturated heterocycles. The van der Waals surface area contributed by atoms with Crippen molar-refractivity contribution in [2.75, 3.05) is 23.8 Å². The van der Waals surface area contributed by atoms with Crippen LogP contribution in [-0.4, -0.2) is 24.3 Å². The van der Waals surface area contributed by atoms with Crippen molar-refractivity contribution < 1.29 is 9.50 Å². The van der Waals surface area contributed by atoms with Crippen LogP contribution in [-0.2, 0) is 0 Å². The third-order valence-corrected chi connectivity index (χ3v) is 4.34. The van der Waals surface area contributed by atoms with Crippen LogP contribution in [0, 0.1) is 5.82 Å². The summed E-state index contributed by atoms with van der Waals surface area (Å²) in [5.74, 6) is -0.353. The molecule has 1 aromatic carbocycles. The molecular weight excluding hydrogens is 311 g/mol. The quantitative estimate of drug-likeness (QED) is 0.833. The molecule has 0 atom stereocenters. The molecule has 2 rings (SSSR count). The van der Waals surface area contributed by atoms with Gasteiger partial charge in [0.2, 0.25) is 0 Å². The summed E-state index contributed by atoms with van der Waals surface area (Å²) in [6.07, 6.45) is 5.89. The maximum Gasteiger partial charge on any atom is 0.139 e. The number of hydrogen-bond acceptors (Lipinski definition) is 3. The molecule has 106 valence electrons. The van der Waals surface area contributed by atoms with Crippen molar-refractivity contribution in [2.24, 2.45) is 0 Å². The fourth-order valence-electron chi connectivity index (χ4n) is 2.80. The highest BCUT2D eigenvalue weighted by atomic mass is 79.9. The molecule has 0 unspecified atom stereocenters. The minimum Gasteiger partial charge on any atom is -0.397 e. The number of rotatable bonds is 4. The Hall–Kier alpha value is -0.810. The number of aliphatic hydroxyl groups excluding tert-OH is 1. The van der Waals surface area contributed by atoms with E-state index in [0.717, 1.165) is 18.5 Å². The van der Waals surface area contributed by atoms with Crippen molar-refractivity contribution in [1.29, 1.82) is 0 Å². The van der Waals surface area contributed by atoms with Crippen LogP contribution in [0.5, 0.6) is 0 Å². The fraction of sp³-hybridized carbons (Fsp3) is 0.571. The first-order valence-corrected chi connectivity index (χ1v) is 7.55. The van der Waals surface area contributed by atoms with Gasteiger partial charge in [-0.3, -0.25) is 0 Å². The summed E-state index contributed by atoms with van der Waals surface area (Å²) in [6, 6.07) is 3.45. The summed E-state index contributed by atoms with van der Waals surface area (Å²) < 4.78 is 13.9. The molecule has 3 nitrogen and oxygen atoms in total. The lowest BCUT2D eigenvalue weighted by molar-refractivity contribution is 0.290. The molecular formula is C14H20BrFN2O. The first kappa shape index (κ1) is 14.6. The SMILES string of the molecule is Nc1cc(F)c(Br)cc1N(CCO)C1CCCCC1. The van der Waals surface area contributed by atoms with E-state index < -0.39 is 0 Å². The molecule has 1 aromatic rings. The van der Waals surface area contributed by atoms with E-state index in [1.165, 1.54) is 25.3 Å². The number of aliphatic hydroxyl groups is 1. The van der Waals surface area contributed by atoms with Crippen molar-refractivity contribution in [3.8, 4) is 0 Å². The molecule has 19 heavy (non-hydrogen) atoms. The predicted octanol–water partition coefficient (Wildman–Crippen LogP) is 3.30. The molecule has 0 heterocycles. The van der Waals surface area contributed by atoms with Gasteiger partial charge in [-0.05, 0) is 34.8 Å². The van der Waals surface area contributed by atoms with Gasteiger partial charge in [0.25, 0.3) is 0 Å². The highest BCUT2D eigenvalue weighted by molar-refractivity contribution is 9.10. The molecule has 0 spiro atoms. The smallest absolute Gasteiger partial charge is 0.139 e. The van der Waals surface area contributed by atoms with Gasteiger partial charge in [0.15, 0.2) is 0 Å². The number of nitrogens with two attached hydrogens (primary N) is 1. The van der Waals surface area contributed by atoms with Crippen molar-refractivity contribution in [3.05, 3.63) is 22.4 Å². The Morgan fingerprint density at radius 3 is 2.63 bits per heavy atom. The van der Waals surface area contributed by atoms with Gasteiger partial charge in [-0.15, -0.1) is 0 Å².